The van der Waals surface area contributed by atoms with E-state index in [4.69, 9.17) is 4.74 Å². The molecule has 5 heteroatoms. The molecular formula is C13H23N3OS. The molecule has 1 aliphatic rings. The van der Waals surface area contributed by atoms with Gasteiger partial charge >= 0.3 is 0 Å². The van der Waals surface area contributed by atoms with Crippen LogP contribution >= 0.6 is 11.3 Å². The van der Waals surface area contributed by atoms with Crippen LogP contribution < -0.4 is 5.32 Å². The number of ether oxygens (including phenoxy) is 1. The van der Waals surface area contributed by atoms with E-state index >= 15 is 0 Å². The summed E-state index contributed by atoms with van der Waals surface area (Å²) >= 11 is 1.75. The van der Waals surface area contributed by atoms with E-state index < -0.39 is 0 Å². The summed E-state index contributed by atoms with van der Waals surface area (Å²) < 4.78 is 5.57. The Labute approximate surface area is 113 Å². The van der Waals surface area contributed by atoms with Crippen LogP contribution in [0.1, 0.15) is 43.1 Å². The lowest BCUT2D eigenvalue weighted by Crippen LogP contribution is -2.32. The van der Waals surface area contributed by atoms with Crippen LogP contribution in [0.15, 0.2) is 0 Å². The van der Waals surface area contributed by atoms with Crippen molar-refractivity contribution in [2.75, 3.05) is 13.2 Å². The van der Waals surface area contributed by atoms with Crippen molar-refractivity contribution >= 4 is 11.3 Å². The minimum atomic E-state index is 0.499. The topological polar surface area (TPSA) is 47.0 Å². The molecule has 1 fully saturated rings. The van der Waals surface area contributed by atoms with Crippen LogP contribution in [0.2, 0.25) is 0 Å². The standard InChI is InChI=1S/C13H23N3OS/c1-3-5-14-9-13-16-15-12(18-13)8-10-6-11(7-10)17-4-2/h10-11,14H,3-9H2,1-2H3. The van der Waals surface area contributed by atoms with E-state index in [1.54, 1.807) is 11.3 Å². The third-order valence-corrected chi connectivity index (χ3v) is 4.22. The van der Waals surface area contributed by atoms with Gasteiger partial charge in [0.1, 0.15) is 10.0 Å². The monoisotopic (exact) mass is 269 g/mol. The molecule has 4 nitrogen and oxygen atoms in total. The van der Waals surface area contributed by atoms with Gasteiger partial charge in [0.2, 0.25) is 0 Å². The van der Waals surface area contributed by atoms with Crippen LogP contribution in [-0.2, 0) is 17.7 Å². The number of aromatic nitrogens is 2. The molecule has 1 aliphatic carbocycles. The minimum absolute atomic E-state index is 0.499. The highest BCUT2D eigenvalue weighted by molar-refractivity contribution is 7.11. The summed E-state index contributed by atoms with van der Waals surface area (Å²) in [6.45, 7) is 6.98. The molecule has 1 aromatic heterocycles. The Bertz CT molecular complexity index is 350. The van der Waals surface area contributed by atoms with E-state index in [0.29, 0.717) is 6.10 Å². The zero-order chi connectivity index (χ0) is 12.8. The van der Waals surface area contributed by atoms with Crippen molar-refractivity contribution in [3.05, 3.63) is 10.0 Å². The highest BCUT2D eigenvalue weighted by Gasteiger charge is 2.30. The van der Waals surface area contributed by atoms with Crippen LogP contribution in [0.4, 0.5) is 0 Å². The van der Waals surface area contributed by atoms with Gasteiger partial charge in [0.05, 0.1) is 6.10 Å². The Hall–Kier alpha value is -0.520. The van der Waals surface area contributed by atoms with Gasteiger partial charge in [-0.3, -0.25) is 0 Å². The van der Waals surface area contributed by atoms with Crippen molar-refractivity contribution in [3.8, 4) is 0 Å². The van der Waals surface area contributed by atoms with Gasteiger partial charge in [0.25, 0.3) is 0 Å². The average molecular weight is 269 g/mol. The number of hydrogen-bond donors (Lipinski definition) is 1. The van der Waals surface area contributed by atoms with Gasteiger partial charge < -0.3 is 10.1 Å². The lowest BCUT2D eigenvalue weighted by atomic mass is 9.80. The minimum Gasteiger partial charge on any atom is -0.378 e. The smallest absolute Gasteiger partial charge is 0.131 e. The molecule has 0 spiro atoms. The first-order chi connectivity index (χ1) is 8.81. The van der Waals surface area contributed by atoms with Crippen LogP contribution in [0.5, 0.6) is 0 Å². The lowest BCUT2D eigenvalue weighted by molar-refractivity contribution is -0.0240. The first kappa shape index (κ1) is 13.9. The Morgan fingerprint density at radius 1 is 1.28 bits per heavy atom. The molecule has 0 atom stereocenters. The predicted molar refractivity (Wildman–Crippen MR) is 73.7 cm³/mol. The molecule has 0 unspecified atom stereocenters. The number of hydrogen-bond acceptors (Lipinski definition) is 5. The van der Waals surface area contributed by atoms with Crippen LogP contribution in [0, 0.1) is 5.92 Å². The van der Waals surface area contributed by atoms with Gasteiger partial charge in [0, 0.05) is 19.6 Å². The number of rotatable bonds is 8. The molecule has 0 saturated heterocycles. The van der Waals surface area contributed by atoms with E-state index in [1.165, 1.54) is 17.8 Å². The Kier molecular flexibility index (Phi) is 5.53. The van der Waals surface area contributed by atoms with Crippen molar-refractivity contribution < 1.29 is 4.74 Å². The first-order valence-electron chi connectivity index (χ1n) is 6.95. The summed E-state index contributed by atoms with van der Waals surface area (Å²) in [6.07, 6.45) is 5.12. The molecule has 102 valence electrons. The Balaban J connectivity index is 1.68. The fourth-order valence-corrected chi connectivity index (χ4v) is 3.20. The fourth-order valence-electron chi connectivity index (χ4n) is 2.27. The van der Waals surface area contributed by atoms with E-state index in [9.17, 15) is 0 Å². The van der Waals surface area contributed by atoms with Crippen molar-refractivity contribution in [3.63, 3.8) is 0 Å². The maximum atomic E-state index is 5.57. The molecule has 18 heavy (non-hydrogen) atoms. The molecule has 0 aliphatic heterocycles. The quantitative estimate of drug-likeness (QED) is 0.736. The summed E-state index contributed by atoms with van der Waals surface area (Å²) in [6, 6.07) is 0. The molecular weight excluding hydrogens is 246 g/mol. The van der Waals surface area contributed by atoms with Crippen molar-refractivity contribution in [2.45, 2.75) is 52.2 Å². The molecule has 1 N–H and O–H groups in total. The van der Waals surface area contributed by atoms with E-state index in [1.807, 2.05) is 0 Å². The highest BCUT2D eigenvalue weighted by atomic mass is 32.1. The van der Waals surface area contributed by atoms with Crippen LogP contribution in [-0.4, -0.2) is 29.5 Å². The first-order valence-corrected chi connectivity index (χ1v) is 7.77. The molecule has 1 heterocycles. The zero-order valence-electron chi connectivity index (χ0n) is 11.3. The second-order valence-electron chi connectivity index (χ2n) is 4.89. The maximum absolute atomic E-state index is 5.57. The number of nitrogens with zero attached hydrogens (tertiary/aromatic N) is 2. The normalized spacial score (nSPS) is 23.0. The predicted octanol–water partition coefficient (Wildman–Crippen LogP) is 2.40. The van der Waals surface area contributed by atoms with Gasteiger partial charge in [-0.1, -0.05) is 6.92 Å². The third kappa shape index (κ3) is 4.00. The van der Waals surface area contributed by atoms with Crippen LogP contribution in [0.3, 0.4) is 0 Å². The van der Waals surface area contributed by atoms with Crippen molar-refractivity contribution in [1.29, 1.82) is 0 Å². The summed E-state index contributed by atoms with van der Waals surface area (Å²) in [5, 5.41) is 14.2. The van der Waals surface area contributed by atoms with E-state index in [2.05, 4.69) is 29.4 Å². The zero-order valence-corrected chi connectivity index (χ0v) is 12.1. The fraction of sp³-hybridized carbons (Fsp3) is 0.846. The van der Waals surface area contributed by atoms with Gasteiger partial charge in [0.15, 0.2) is 0 Å². The van der Waals surface area contributed by atoms with Gasteiger partial charge in [-0.15, -0.1) is 21.5 Å². The number of nitrogens with one attached hydrogen (secondary N) is 1. The molecule has 0 bridgehead atoms. The molecule has 0 aromatic carbocycles. The maximum Gasteiger partial charge on any atom is 0.131 e. The second kappa shape index (κ2) is 7.16. The van der Waals surface area contributed by atoms with E-state index in [0.717, 1.165) is 43.5 Å². The molecule has 0 radical (unpaired) electrons. The summed E-state index contributed by atoms with van der Waals surface area (Å²) in [5.41, 5.74) is 0. The average Bonchev–Trinajstić information content (AvgIpc) is 2.75. The summed E-state index contributed by atoms with van der Waals surface area (Å²) in [5.74, 6) is 0.756. The molecule has 1 aromatic rings. The summed E-state index contributed by atoms with van der Waals surface area (Å²) in [4.78, 5) is 0. The molecule has 1 saturated carbocycles. The largest absolute Gasteiger partial charge is 0.378 e. The van der Waals surface area contributed by atoms with Crippen molar-refractivity contribution in [2.24, 2.45) is 5.92 Å². The highest BCUT2D eigenvalue weighted by Crippen LogP contribution is 2.33. The van der Waals surface area contributed by atoms with Crippen LogP contribution in [0.25, 0.3) is 0 Å². The molecule has 2 rings (SSSR count). The van der Waals surface area contributed by atoms with Gasteiger partial charge in [-0.25, -0.2) is 0 Å². The molecule has 0 amide bonds. The van der Waals surface area contributed by atoms with Crippen molar-refractivity contribution in [1.82, 2.24) is 15.5 Å². The third-order valence-electron chi connectivity index (χ3n) is 3.27. The Morgan fingerprint density at radius 3 is 2.78 bits per heavy atom. The second-order valence-corrected chi connectivity index (χ2v) is 6.03. The van der Waals surface area contributed by atoms with E-state index in [-0.39, 0.29) is 0 Å². The van der Waals surface area contributed by atoms with Gasteiger partial charge in [-0.05, 0) is 38.6 Å². The summed E-state index contributed by atoms with van der Waals surface area (Å²) in [7, 11) is 0. The SMILES string of the molecule is CCCNCc1nnc(CC2CC(OCC)C2)s1. The van der Waals surface area contributed by atoms with Gasteiger partial charge in [-0.2, -0.15) is 0 Å². The Morgan fingerprint density at radius 2 is 2.06 bits per heavy atom. The lowest BCUT2D eigenvalue weighted by Gasteiger charge is -2.34.